The minimum Gasteiger partial charge on any atom is -0.451 e. The molecule has 2 saturated carbocycles. The number of rotatable bonds is 7. The summed E-state index contributed by atoms with van der Waals surface area (Å²) in [5, 5.41) is 6.26. The summed E-state index contributed by atoms with van der Waals surface area (Å²) >= 11 is 0. The van der Waals surface area contributed by atoms with Crippen LogP contribution in [0, 0.1) is 17.8 Å². The smallest absolute Gasteiger partial charge is 0.321 e. The highest BCUT2D eigenvalue weighted by Gasteiger charge is 2.52. The number of furan rings is 1. The third-order valence-corrected chi connectivity index (χ3v) is 8.49. The van der Waals surface area contributed by atoms with E-state index in [0.29, 0.717) is 24.1 Å². The van der Waals surface area contributed by atoms with Gasteiger partial charge in [-0.2, -0.15) is 0 Å². The summed E-state index contributed by atoms with van der Waals surface area (Å²) in [6, 6.07) is 14.6. The zero-order valence-corrected chi connectivity index (χ0v) is 21.9. The summed E-state index contributed by atoms with van der Waals surface area (Å²) in [5.41, 5.74) is 1.12. The Morgan fingerprint density at radius 2 is 1.70 bits per heavy atom. The average molecular weight is 546 g/mol. The minimum atomic E-state index is -2.87. The molecule has 0 atom stereocenters. The lowest BCUT2D eigenvalue weighted by Gasteiger charge is -2.39. The number of hydrogen-bond donors (Lipinski definition) is 2. The lowest BCUT2D eigenvalue weighted by molar-refractivity contribution is -0.131. The van der Waals surface area contributed by atoms with Gasteiger partial charge in [-0.1, -0.05) is 30.2 Å². The van der Waals surface area contributed by atoms with E-state index in [4.69, 9.17) is 10.8 Å². The molecule has 3 amide bonds. The third-order valence-electron chi connectivity index (χ3n) is 8.49. The molecule has 2 aromatic carbocycles. The van der Waals surface area contributed by atoms with E-state index in [2.05, 4.69) is 16.6 Å². The molecule has 3 aromatic rings. The molecule has 6 rings (SSSR count). The number of Topliss-reactive ketones (excluding diaryl/α,β-unsaturated/α-hetero) is 1. The first-order valence-electron chi connectivity index (χ1n) is 13.5. The van der Waals surface area contributed by atoms with Crippen LogP contribution in [0.3, 0.4) is 0 Å². The molecule has 1 saturated heterocycles. The number of halogens is 2. The maximum absolute atomic E-state index is 14.0. The largest absolute Gasteiger partial charge is 0.451 e. The summed E-state index contributed by atoms with van der Waals surface area (Å²) in [6.07, 6.45) is 5.88. The molecule has 7 nitrogen and oxygen atoms in total. The van der Waals surface area contributed by atoms with Crippen molar-refractivity contribution in [2.75, 3.05) is 18.0 Å². The molecule has 2 heterocycles. The second-order valence-corrected chi connectivity index (χ2v) is 11.2. The molecular weight excluding hydrogens is 516 g/mol. The molecule has 3 fully saturated rings. The van der Waals surface area contributed by atoms with Crippen LogP contribution < -0.4 is 15.5 Å². The lowest BCUT2D eigenvalue weighted by atomic mass is 9.74. The van der Waals surface area contributed by atoms with Crippen LogP contribution in [-0.2, 0) is 4.79 Å². The van der Waals surface area contributed by atoms with Crippen molar-refractivity contribution in [3.05, 3.63) is 54.3 Å². The number of carbonyl (C=O) groups excluding carboxylic acids is 3. The van der Waals surface area contributed by atoms with E-state index >= 15 is 0 Å². The quantitative estimate of drug-likeness (QED) is 0.374. The van der Waals surface area contributed by atoms with Gasteiger partial charge in [-0.05, 0) is 61.1 Å². The summed E-state index contributed by atoms with van der Waals surface area (Å²) in [5.74, 6) is -1.09. The zero-order chi connectivity index (χ0) is 28.1. The van der Waals surface area contributed by atoms with Gasteiger partial charge < -0.3 is 15.1 Å². The molecule has 0 radical (unpaired) electrons. The van der Waals surface area contributed by atoms with Gasteiger partial charge in [0.05, 0.1) is 5.54 Å². The molecule has 40 heavy (non-hydrogen) atoms. The Kier molecular flexibility index (Phi) is 6.17. The summed E-state index contributed by atoms with van der Waals surface area (Å²) in [7, 11) is 0. The highest BCUT2D eigenvalue weighted by Crippen LogP contribution is 2.50. The van der Waals surface area contributed by atoms with Gasteiger partial charge in [-0.15, -0.1) is 6.42 Å². The monoisotopic (exact) mass is 545 g/mol. The Labute approximate surface area is 230 Å². The molecule has 0 spiro atoms. The van der Waals surface area contributed by atoms with Crippen molar-refractivity contribution < 1.29 is 27.6 Å². The number of amides is 3. The molecular formula is C31H29F2N3O4. The van der Waals surface area contributed by atoms with Crippen molar-refractivity contribution in [2.24, 2.45) is 5.41 Å². The average Bonchev–Trinajstić information content (AvgIpc) is 3.36. The predicted molar refractivity (Wildman–Crippen MR) is 146 cm³/mol. The molecule has 0 bridgehead atoms. The van der Waals surface area contributed by atoms with Crippen LogP contribution >= 0.6 is 0 Å². The lowest BCUT2D eigenvalue weighted by Crippen LogP contribution is -2.58. The van der Waals surface area contributed by atoms with Crippen LogP contribution in [0.5, 0.6) is 0 Å². The van der Waals surface area contributed by atoms with E-state index in [1.54, 1.807) is 11.0 Å². The van der Waals surface area contributed by atoms with Crippen LogP contribution in [0.1, 0.15) is 55.5 Å². The molecule has 2 N–H and O–H groups in total. The van der Waals surface area contributed by atoms with Gasteiger partial charge >= 0.3 is 6.03 Å². The normalized spacial score (nSPS) is 20.5. The van der Waals surface area contributed by atoms with Crippen LogP contribution in [0.4, 0.5) is 19.3 Å². The number of urea groups is 1. The molecule has 0 unspecified atom stereocenters. The number of alkyl halides is 2. The SMILES string of the molecule is C#CC1(CC(=O)C2(NC(=O)c3cc4ccc(-c5ccc(N6CCNC6=O)cc5)cc4o3)CCC(F)(F)CC2)CC1. The zero-order valence-electron chi connectivity index (χ0n) is 21.9. The van der Waals surface area contributed by atoms with Gasteiger partial charge in [0.1, 0.15) is 5.58 Å². The van der Waals surface area contributed by atoms with Crippen LogP contribution in [0.15, 0.2) is 52.9 Å². The number of benzene rings is 2. The Balaban J connectivity index is 1.22. The van der Waals surface area contributed by atoms with Crippen LogP contribution in [0.25, 0.3) is 22.1 Å². The van der Waals surface area contributed by atoms with Gasteiger partial charge in [0.2, 0.25) is 5.92 Å². The topological polar surface area (TPSA) is 91.7 Å². The molecule has 1 aliphatic heterocycles. The van der Waals surface area contributed by atoms with Gasteiger partial charge in [-0.25, -0.2) is 13.6 Å². The van der Waals surface area contributed by atoms with Crippen molar-refractivity contribution in [1.82, 2.24) is 10.6 Å². The predicted octanol–water partition coefficient (Wildman–Crippen LogP) is 5.68. The Hall–Kier alpha value is -4.19. The first-order chi connectivity index (χ1) is 19.1. The number of nitrogens with zero attached hydrogens (tertiary/aromatic N) is 1. The number of carbonyl (C=O) groups is 3. The number of ketones is 1. The highest BCUT2D eigenvalue weighted by molar-refractivity contribution is 6.01. The number of anilines is 1. The van der Waals surface area contributed by atoms with E-state index < -0.39 is 35.6 Å². The standard InChI is InChI=1S/C31H29F2N3O4/c1-2-29(9-10-29)19-26(37)30(11-13-31(32,33)14-12-30)35-27(38)25-18-22-4-3-21(17-24(22)40-25)20-5-7-23(8-6-20)36-16-15-34-28(36)39/h1,3-8,17-18H,9-16,19H2,(H,34,39)(H,35,38). The number of fused-ring (bicyclic) bond motifs is 1. The van der Waals surface area contributed by atoms with Crippen LogP contribution in [-0.4, -0.2) is 42.3 Å². The van der Waals surface area contributed by atoms with Gasteiger partial charge in [-0.3, -0.25) is 14.5 Å². The Bertz CT molecular complexity index is 1540. The summed E-state index contributed by atoms with van der Waals surface area (Å²) in [4.78, 5) is 40.3. The van der Waals surface area contributed by atoms with E-state index in [1.807, 2.05) is 42.5 Å². The van der Waals surface area contributed by atoms with Crippen molar-refractivity contribution in [3.8, 4) is 23.5 Å². The Morgan fingerprint density at radius 1 is 1.00 bits per heavy atom. The van der Waals surface area contributed by atoms with Gasteiger partial charge in [0.25, 0.3) is 5.91 Å². The van der Waals surface area contributed by atoms with Gasteiger partial charge in [0.15, 0.2) is 11.5 Å². The fraction of sp³-hybridized carbons (Fsp3) is 0.387. The molecule has 9 heteroatoms. The van der Waals surface area contributed by atoms with Crippen molar-refractivity contribution in [1.29, 1.82) is 0 Å². The minimum absolute atomic E-state index is 0.00476. The molecule has 206 valence electrons. The maximum Gasteiger partial charge on any atom is 0.321 e. The fourth-order valence-electron chi connectivity index (χ4n) is 5.67. The molecule has 1 aromatic heterocycles. The maximum atomic E-state index is 14.0. The van der Waals surface area contributed by atoms with Crippen molar-refractivity contribution in [2.45, 2.75) is 56.4 Å². The number of terminal acetylenes is 1. The van der Waals surface area contributed by atoms with E-state index in [-0.39, 0.29) is 36.8 Å². The van der Waals surface area contributed by atoms with Crippen molar-refractivity contribution in [3.63, 3.8) is 0 Å². The molecule has 3 aliphatic rings. The summed E-state index contributed by atoms with van der Waals surface area (Å²) in [6.45, 7) is 1.22. The van der Waals surface area contributed by atoms with Gasteiger partial charge in [0, 0.05) is 48.8 Å². The van der Waals surface area contributed by atoms with E-state index in [9.17, 15) is 23.2 Å². The number of nitrogens with one attached hydrogen (secondary N) is 2. The highest BCUT2D eigenvalue weighted by atomic mass is 19.3. The first-order valence-corrected chi connectivity index (χ1v) is 13.5. The van der Waals surface area contributed by atoms with E-state index in [0.717, 1.165) is 29.7 Å². The summed E-state index contributed by atoms with van der Waals surface area (Å²) < 4.78 is 33.9. The van der Waals surface area contributed by atoms with E-state index in [1.165, 1.54) is 0 Å². The molecule has 2 aliphatic carbocycles. The third kappa shape index (κ3) is 4.83. The Morgan fingerprint density at radius 3 is 2.33 bits per heavy atom. The van der Waals surface area contributed by atoms with Crippen LogP contribution in [0.2, 0.25) is 0 Å². The second kappa shape index (κ2) is 9.47. The number of hydrogen-bond acceptors (Lipinski definition) is 4. The van der Waals surface area contributed by atoms with Crippen molar-refractivity contribution >= 4 is 34.4 Å². The second-order valence-electron chi connectivity index (χ2n) is 11.2. The fourth-order valence-corrected chi connectivity index (χ4v) is 5.67. The first kappa shape index (κ1) is 26.1.